The van der Waals surface area contributed by atoms with Crippen LogP contribution in [0.3, 0.4) is 0 Å². The minimum Gasteiger partial charge on any atom is -0.206 e. The van der Waals surface area contributed by atoms with Crippen LogP contribution in [0.1, 0.15) is 11.1 Å². The quantitative estimate of drug-likeness (QED) is 0.392. The van der Waals surface area contributed by atoms with Gasteiger partial charge in [-0.1, -0.05) is 49.1 Å². The van der Waals surface area contributed by atoms with Crippen molar-refractivity contribution in [3.8, 4) is 22.3 Å². The molecule has 0 saturated carbocycles. The summed E-state index contributed by atoms with van der Waals surface area (Å²) in [6, 6.07) is 11.8. The van der Waals surface area contributed by atoms with Gasteiger partial charge >= 0.3 is 6.18 Å². The molecule has 3 aromatic carbocycles. The zero-order valence-electron chi connectivity index (χ0n) is 14.9. The van der Waals surface area contributed by atoms with E-state index in [1.54, 1.807) is 6.07 Å². The second-order valence-corrected chi connectivity index (χ2v) is 6.25. The van der Waals surface area contributed by atoms with Crippen LogP contribution in [0.25, 0.3) is 34.4 Å². The Hall–Kier alpha value is -3.28. The molecule has 0 fully saturated rings. The molecule has 0 spiro atoms. The Morgan fingerprint density at radius 3 is 1.76 bits per heavy atom. The third-order valence-electron chi connectivity index (χ3n) is 4.27. The van der Waals surface area contributed by atoms with Crippen LogP contribution in [-0.2, 0) is 0 Å². The lowest BCUT2D eigenvalue weighted by Crippen LogP contribution is -2.00. The van der Waals surface area contributed by atoms with Crippen molar-refractivity contribution in [1.82, 2.24) is 0 Å². The smallest absolute Gasteiger partial charge is 0.206 e. The largest absolute Gasteiger partial charge is 0.409 e. The summed E-state index contributed by atoms with van der Waals surface area (Å²) in [5.74, 6) is -2.17. The SMILES string of the molecule is C=Cc1ccc(-c2ccc(-c3ccc(/C=C/C(F)(F)F)c(F)c3)c(F)c2)c(F)c1. The van der Waals surface area contributed by atoms with Crippen LogP contribution in [0.4, 0.5) is 26.3 Å². The van der Waals surface area contributed by atoms with Crippen molar-refractivity contribution in [3.63, 3.8) is 0 Å². The standard InChI is InChI=1S/C23H14F6/c1-2-14-3-7-18(21(25)11-14)17-6-8-19(22(26)13-17)16-5-4-15(20(24)12-16)9-10-23(27,28)29/h2-13H,1H2/b10-9+. The van der Waals surface area contributed by atoms with Gasteiger partial charge in [0.1, 0.15) is 17.5 Å². The predicted octanol–water partition coefficient (Wildman–Crippen LogP) is 7.66. The molecule has 0 aromatic heterocycles. The summed E-state index contributed by atoms with van der Waals surface area (Å²) in [7, 11) is 0. The number of hydrogen-bond acceptors (Lipinski definition) is 0. The minimum absolute atomic E-state index is 0.0436. The fraction of sp³-hybridized carbons (Fsp3) is 0.0435. The molecule has 148 valence electrons. The number of hydrogen-bond donors (Lipinski definition) is 0. The third-order valence-corrected chi connectivity index (χ3v) is 4.27. The van der Waals surface area contributed by atoms with Crippen molar-refractivity contribution in [1.29, 1.82) is 0 Å². The average molecular weight is 404 g/mol. The van der Waals surface area contributed by atoms with E-state index in [1.807, 2.05) is 0 Å². The van der Waals surface area contributed by atoms with Gasteiger partial charge in [0.15, 0.2) is 0 Å². The maximum atomic E-state index is 14.6. The molecule has 0 aliphatic rings. The first-order valence-corrected chi connectivity index (χ1v) is 8.46. The van der Waals surface area contributed by atoms with Crippen LogP contribution in [0.5, 0.6) is 0 Å². The van der Waals surface area contributed by atoms with Gasteiger partial charge in [-0.05, 0) is 41.0 Å². The van der Waals surface area contributed by atoms with Crippen molar-refractivity contribution in [2.24, 2.45) is 0 Å². The molecule has 0 amide bonds. The van der Waals surface area contributed by atoms with Gasteiger partial charge < -0.3 is 0 Å². The number of benzene rings is 3. The lowest BCUT2D eigenvalue weighted by atomic mass is 9.97. The molecule has 3 aromatic rings. The monoisotopic (exact) mass is 404 g/mol. The predicted molar refractivity (Wildman–Crippen MR) is 102 cm³/mol. The van der Waals surface area contributed by atoms with E-state index in [4.69, 9.17) is 0 Å². The number of halogens is 6. The van der Waals surface area contributed by atoms with Gasteiger partial charge in [0.05, 0.1) is 0 Å². The molecule has 0 aliphatic carbocycles. The molecule has 0 radical (unpaired) electrons. The summed E-state index contributed by atoms with van der Waals surface area (Å²) >= 11 is 0. The normalized spacial score (nSPS) is 11.8. The van der Waals surface area contributed by atoms with Crippen molar-refractivity contribution < 1.29 is 26.3 Å². The van der Waals surface area contributed by atoms with Crippen LogP contribution in [-0.4, -0.2) is 6.18 Å². The van der Waals surface area contributed by atoms with Crippen LogP contribution in [0.15, 0.2) is 67.3 Å². The summed E-state index contributed by atoms with van der Waals surface area (Å²) in [6.07, 6.45) is -2.55. The van der Waals surface area contributed by atoms with E-state index in [1.165, 1.54) is 36.4 Å². The highest BCUT2D eigenvalue weighted by atomic mass is 19.4. The zero-order valence-corrected chi connectivity index (χ0v) is 14.9. The zero-order chi connectivity index (χ0) is 21.2. The Morgan fingerprint density at radius 2 is 1.24 bits per heavy atom. The number of rotatable bonds is 4. The minimum atomic E-state index is -4.56. The van der Waals surface area contributed by atoms with E-state index < -0.39 is 23.6 Å². The fourth-order valence-corrected chi connectivity index (χ4v) is 2.82. The van der Waals surface area contributed by atoms with E-state index >= 15 is 0 Å². The van der Waals surface area contributed by atoms with E-state index in [0.717, 1.165) is 18.2 Å². The molecule has 0 N–H and O–H groups in total. The molecular weight excluding hydrogens is 390 g/mol. The highest BCUT2D eigenvalue weighted by Gasteiger charge is 2.22. The molecule has 6 heteroatoms. The molecule has 0 atom stereocenters. The maximum Gasteiger partial charge on any atom is 0.409 e. The summed E-state index contributed by atoms with van der Waals surface area (Å²) in [6.45, 7) is 3.55. The Kier molecular flexibility index (Phi) is 5.64. The van der Waals surface area contributed by atoms with Crippen LogP contribution >= 0.6 is 0 Å². The van der Waals surface area contributed by atoms with Crippen molar-refractivity contribution >= 4 is 12.2 Å². The summed E-state index contributed by atoms with van der Waals surface area (Å²) in [4.78, 5) is 0. The number of allylic oxidation sites excluding steroid dienone is 1. The van der Waals surface area contributed by atoms with Crippen LogP contribution in [0, 0.1) is 17.5 Å². The van der Waals surface area contributed by atoms with Crippen molar-refractivity contribution in [2.75, 3.05) is 0 Å². The second-order valence-electron chi connectivity index (χ2n) is 6.25. The van der Waals surface area contributed by atoms with Gasteiger partial charge in [0.25, 0.3) is 0 Å². The fourth-order valence-electron chi connectivity index (χ4n) is 2.82. The first-order valence-electron chi connectivity index (χ1n) is 8.46. The average Bonchev–Trinajstić information content (AvgIpc) is 2.66. The molecule has 29 heavy (non-hydrogen) atoms. The summed E-state index contributed by atoms with van der Waals surface area (Å²) < 4.78 is 79.6. The van der Waals surface area contributed by atoms with Gasteiger partial charge in [0.2, 0.25) is 0 Å². The highest BCUT2D eigenvalue weighted by Crippen LogP contribution is 2.31. The van der Waals surface area contributed by atoms with Gasteiger partial charge in [-0.25, -0.2) is 13.2 Å². The van der Waals surface area contributed by atoms with Gasteiger partial charge in [-0.2, -0.15) is 13.2 Å². The van der Waals surface area contributed by atoms with Gasteiger partial charge in [-0.3, -0.25) is 0 Å². The molecule has 0 nitrogen and oxygen atoms in total. The van der Waals surface area contributed by atoms with E-state index in [-0.39, 0.29) is 28.3 Å². The van der Waals surface area contributed by atoms with E-state index in [9.17, 15) is 26.3 Å². The molecule has 0 heterocycles. The number of alkyl halides is 3. The Labute approximate surface area is 163 Å². The molecule has 0 aliphatic heterocycles. The molecule has 3 rings (SSSR count). The van der Waals surface area contributed by atoms with Crippen molar-refractivity contribution in [3.05, 3.63) is 95.8 Å². The highest BCUT2D eigenvalue weighted by molar-refractivity contribution is 5.73. The van der Waals surface area contributed by atoms with Gasteiger partial charge in [0, 0.05) is 22.8 Å². The van der Waals surface area contributed by atoms with E-state index in [2.05, 4.69) is 6.58 Å². The van der Waals surface area contributed by atoms with Crippen LogP contribution < -0.4 is 0 Å². The van der Waals surface area contributed by atoms with Crippen molar-refractivity contribution in [2.45, 2.75) is 6.18 Å². The maximum absolute atomic E-state index is 14.6. The third kappa shape index (κ3) is 4.77. The summed E-state index contributed by atoms with van der Waals surface area (Å²) in [5.41, 5.74) is 0.996. The molecule has 0 saturated heterocycles. The first-order chi connectivity index (χ1) is 13.7. The Bertz CT molecular complexity index is 1090. The first kappa shape index (κ1) is 20.5. The van der Waals surface area contributed by atoms with E-state index in [0.29, 0.717) is 17.2 Å². The Balaban J connectivity index is 1.94. The lowest BCUT2D eigenvalue weighted by molar-refractivity contribution is -0.0790. The summed E-state index contributed by atoms with van der Waals surface area (Å²) in [5, 5.41) is 0. The lowest BCUT2D eigenvalue weighted by Gasteiger charge is -2.09. The molecular formula is C23H14F6. The Morgan fingerprint density at radius 1 is 0.690 bits per heavy atom. The van der Waals surface area contributed by atoms with Gasteiger partial charge in [-0.15, -0.1) is 0 Å². The van der Waals surface area contributed by atoms with Crippen LogP contribution in [0.2, 0.25) is 0 Å². The topological polar surface area (TPSA) is 0 Å². The molecule has 0 bridgehead atoms. The molecule has 0 unspecified atom stereocenters. The second kappa shape index (κ2) is 7.99.